The number of ether oxygens (including phenoxy) is 1. The molecule has 1 aromatic rings. The number of rotatable bonds is 3. The fourth-order valence-corrected chi connectivity index (χ4v) is 1.25. The van der Waals surface area contributed by atoms with Gasteiger partial charge < -0.3 is 4.74 Å². The van der Waals surface area contributed by atoms with Gasteiger partial charge in [-0.2, -0.15) is 0 Å². The molecule has 0 N–H and O–H groups in total. The van der Waals surface area contributed by atoms with Crippen LogP contribution in [0.4, 0.5) is 0 Å². The third-order valence-electron chi connectivity index (χ3n) is 2.39. The van der Waals surface area contributed by atoms with Crippen molar-refractivity contribution in [2.45, 2.75) is 19.8 Å². The Morgan fingerprint density at radius 1 is 1.62 bits per heavy atom. The Hall–Kier alpha value is -0.760. The topological polar surface area (TPSA) is 22.1 Å². The summed E-state index contributed by atoms with van der Waals surface area (Å²) in [6, 6.07) is 3.59. The van der Waals surface area contributed by atoms with Crippen LogP contribution in [0.3, 0.4) is 0 Å². The van der Waals surface area contributed by atoms with E-state index in [0.29, 0.717) is 16.3 Å². The smallest absolute Gasteiger partial charge is 0.232 e. The van der Waals surface area contributed by atoms with Crippen LogP contribution in [-0.4, -0.2) is 11.6 Å². The number of hydrogen-bond acceptors (Lipinski definition) is 2. The quantitative estimate of drug-likeness (QED) is 0.744. The van der Waals surface area contributed by atoms with Crippen LogP contribution < -0.4 is 4.74 Å². The van der Waals surface area contributed by atoms with Crippen LogP contribution >= 0.6 is 11.6 Å². The number of aromatic nitrogens is 1. The number of pyridine rings is 1. The van der Waals surface area contributed by atoms with Gasteiger partial charge in [-0.1, -0.05) is 18.5 Å². The summed E-state index contributed by atoms with van der Waals surface area (Å²) in [6.45, 7) is 2.94. The Kier molecular flexibility index (Phi) is 2.16. The number of halogens is 1. The van der Waals surface area contributed by atoms with Crippen molar-refractivity contribution >= 4 is 11.6 Å². The van der Waals surface area contributed by atoms with E-state index in [1.165, 1.54) is 12.8 Å². The van der Waals surface area contributed by atoms with E-state index in [4.69, 9.17) is 16.3 Å². The van der Waals surface area contributed by atoms with Crippen molar-refractivity contribution in [1.82, 2.24) is 4.98 Å². The summed E-state index contributed by atoms with van der Waals surface area (Å²) in [5.41, 5.74) is 0.376. The Balaban J connectivity index is 1.97. The molecule has 13 heavy (non-hydrogen) atoms. The molecule has 0 aliphatic heterocycles. The molecule has 0 aromatic carbocycles. The van der Waals surface area contributed by atoms with Crippen molar-refractivity contribution in [3.8, 4) is 5.88 Å². The van der Waals surface area contributed by atoms with Gasteiger partial charge >= 0.3 is 0 Å². The summed E-state index contributed by atoms with van der Waals surface area (Å²) < 4.78 is 5.52. The molecule has 1 heterocycles. The van der Waals surface area contributed by atoms with Gasteiger partial charge in [-0.15, -0.1) is 0 Å². The summed E-state index contributed by atoms with van der Waals surface area (Å²) >= 11 is 5.89. The van der Waals surface area contributed by atoms with Crippen molar-refractivity contribution in [3.63, 3.8) is 0 Å². The van der Waals surface area contributed by atoms with E-state index in [-0.39, 0.29) is 0 Å². The van der Waals surface area contributed by atoms with Crippen molar-refractivity contribution in [2.24, 2.45) is 5.41 Å². The molecule has 1 aliphatic carbocycles. The minimum absolute atomic E-state index is 0.376. The first-order valence-electron chi connectivity index (χ1n) is 4.43. The van der Waals surface area contributed by atoms with E-state index in [1.807, 2.05) is 0 Å². The van der Waals surface area contributed by atoms with Crippen LogP contribution in [0.1, 0.15) is 19.8 Å². The second-order valence-corrected chi connectivity index (χ2v) is 4.30. The maximum Gasteiger partial charge on any atom is 0.232 e. The molecule has 1 saturated carbocycles. The van der Waals surface area contributed by atoms with E-state index in [0.717, 1.165) is 6.61 Å². The zero-order valence-corrected chi connectivity index (χ0v) is 8.34. The normalized spacial score (nSPS) is 18.3. The van der Waals surface area contributed by atoms with E-state index in [9.17, 15) is 0 Å². The molecular weight excluding hydrogens is 186 g/mol. The summed E-state index contributed by atoms with van der Waals surface area (Å²) in [7, 11) is 0. The molecule has 0 atom stereocenters. The molecule has 1 aromatic heterocycles. The molecule has 70 valence electrons. The number of hydrogen-bond donors (Lipinski definition) is 0. The van der Waals surface area contributed by atoms with E-state index < -0.39 is 0 Å². The van der Waals surface area contributed by atoms with Crippen molar-refractivity contribution in [1.29, 1.82) is 0 Å². The van der Waals surface area contributed by atoms with Crippen LogP contribution in [0.15, 0.2) is 18.3 Å². The van der Waals surface area contributed by atoms with Gasteiger partial charge in [-0.3, -0.25) is 0 Å². The molecule has 0 bridgehead atoms. The minimum atomic E-state index is 0.376. The SMILES string of the molecule is CC1(COc2ncccc2Cl)CC1. The first-order valence-corrected chi connectivity index (χ1v) is 4.81. The molecule has 0 radical (unpaired) electrons. The van der Waals surface area contributed by atoms with Gasteiger partial charge in [0.05, 0.1) is 6.61 Å². The maximum atomic E-state index is 5.89. The highest BCUT2D eigenvalue weighted by molar-refractivity contribution is 6.31. The summed E-state index contributed by atoms with van der Waals surface area (Å²) in [5, 5.41) is 0.590. The fourth-order valence-electron chi connectivity index (χ4n) is 1.08. The Morgan fingerprint density at radius 3 is 3.00 bits per heavy atom. The highest BCUT2D eigenvalue weighted by atomic mass is 35.5. The second kappa shape index (κ2) is 3.18. The Morgan fingerprint density at radius 2 is 2.38 bits per heavy atom. The first-order chi connectivity index (χ1) is 6.20. The van der Waals surface area contributed by atoms with Crippen molar-refractivity contribution < 1.29 is 4.74 Å². The molecule has 0 saturated heterocycles. The molecule has 0 amide bonds. The Bertz CT molecular complexity index is 310. The van der Waals surface area contributed by atoms with Crippen LogP contribution in [0, 0.1) is 5.41 Å². The molecule has 1 aliphatic rings. The third kappa shape index (κ3) is 2.13. The lowest BCUT2D eigenvalue weighted by atomic mass is 10.2. The molecule has 0 spiro atoms. The lowest BCUT2D eigenvalue weighted by Crippen LogP contribution is -2.09. The van der Waals surface area contributed by atoms with Gasteiger partial charge in [-0.25, -0.2) is 4.98 Å². The van der Waals surface area contributed by atoms with Gasteiger partial charge in [0.15, 0.2) is 0 Å². The molecular formula is C10H12ClNO. The predicted octanol–water partition coefficient (Wildman–Crippen LogP) is 2.91. The highest BCUT2D eigenvalue weighted by Gasteiger charge is 2.38. The molecule has 2 nitrogen and oxygen atoms in total. The predicted molar refractivity (Wildman–Crippen MR) is 52.1 cm³/mol. The minimum Gasteiger partial charge on any atom is -0.476 e. The van der Waals surface area contributed by atoms with Crippen molar-refractivity contribution in [2.75, 3.05) is 6.61 Å². The largest absolute Gasteiger partial charge is 0.476 e. The molecule has 0 unspecified atom stereocenters. The molecule has 1 fully saturated rings. The van der Waals surface area contributed by atoms with E-state index in [2.05, 4.69) is 11.9 Å². The van der Waals surface area contributed by atoms with Gasteiger partial charge in [0.2, 0.25) is 5.88 Å². The summed E-state index contributed by atoms with van der Waals surface area (Å²) in [6.07, 6.45) is 4.19. The van der Waals surface area contributed by atoms with Crippen LogP contribution in [-0.2, 0) is 0 Å². The van der Waals surface area contributed by atoms with Crippen LogP contribution in [0.2, 0.25) is 5.02 Å². The zero-order chi connectivity index (χ0) is 9.31. The van der Waals surface area contributed by atoms with E-state index in [1.54, 1.807) is 18.3 Å². The molecule has 2 rings (SSSR count). The maximum absolute atomic E-state index is 5.89. The monoisotopic (exact) mass is 197 g/mol. The van der Waals surface area contributed by atoms with Gasteiger partial charge in [0.1, 0.15) is 5.02 Å². The third-order valence-corrected chi connectivity index (χ3v) is 2.67. The summed E-state index contributed by atoms with van der Waals surface area (Å²) in [4.78, 5) is 4.05. The second-order valence-electron chi connectivity index (χ2n) is 3.89. The lowest BCUT2D eigenvalue weighted by Gasteiger charge is -2.10. The lowest BCUT2D eigenvalue weighted by molar-refractivity contribution is 0.239. The van der Waals surface area contributed by atoms with Crippen LogP contribution in [0.25, 0.3) is 0 Å². The average Bonchev–Trinajstić information content (AvgIpc) is 2.83. The number of nitrogens with zero attached hydrogens (tertiary/aromatic N) is 1. The summed E-state index contributed by atoms with van der Waals surface area (Å²) in [5.74, 6) is 0.553. The van der Waals surface area contributed by atoms with Gasteiger partial charge in [0.25, 0.3) is 0 Å². The van der Waals surface area contributed by atoms with Crippen molar-refractivity contribution in [3.05, 3.63) is 23.4 Å². The first kappa shape index (κ1) is 8.82. The van der Waals surface area contributed by atoms with Gasteiger partial charge in [0, 0.05) is 11.6 Å². The fraction of sp³-hybridized carbons (Fsp3) is 0.500. The zero-order valence-electron chi connectivity index (χ0n) is 7.59. The highest BCUT2D eigenvalue weighted by Crippen LogP contribution is 2.45. The van der Waals surface area contributed by atoms with Crippen LogP contribution in [0.5, 0.6) is 5.88 Å². The van der Waals surface area contributed by atoms with E-state index >= 15 is 0 Å². The molecule has 3 heteroatoms. The Labute approximate surface area is 82.9 Å². The standard InChI is InChI=1S/C10H12ClNO/c1-10(4-5-10)7-13-9-8(11)3-2-6-12-9/h2-3,6H,4-5,7H2,1H3. The average molecular weight is 198 g/mol. The van der Waals surface area contributed by atoms with Gasteiger partial charge in [-0.05, 0) is 25.0 Å².